The lowest BCUT2D eigenvalue weighted by Crippen LogP contribution is -2.40. The molecule has 1 aliphatic rings. The molecule has 0 aliphatic carbocycles. The Morgan fingerprint density at radius 1 is 1.30 bits per heavy atom. The van der Waals surface area contributed by atoms with Crippen LogP contribution in [0.4, 0.5) is 10.5 Å². The van der Waals surface area contributed by atoms with Gasteiger partial charge in [-0.25, -0.2) is 4.79 Å². The summed E-state index contributed by atoms with van der Waals surface area (Å²) in [6.45, 7) is 5.47. The molecular weight excluding hydrogens is 290 g/mol. The fourth-order valence-electron chi connectivity index (χ4n) is 3.08. The van der Waals surface area contributed by atoms with Gasteiger partial charge in [0.25, 0.3) is 0 Å². The second kappa shape index (κ2) is 7.04. The van der Waals surface area contributed by atoms with Crippen molar-refractivity contribution in [1.82, 2.24) is 9.47 Å². The molecule has 2 amide bonds. The lowest BCUT2D eigenvalue weighted by atomic mass is 10.00. The van der Waals surface area contributed by atoms with Gasteiger partial charge in [0.05, 0.1) is 6.61 Å². The summed E-state index contributed by atoms with van der Waals surface area (Å²) >= 11 is 0. The van der Waals surface area contributed by atoms with Crippen LogP contribution in [0.5, 0.6) is 0 Å². The van der Waals surface area contributed by atoms with E-state index in [4.69, 9.17) is 4.74 Å². The van der Waals surface area contributed by atoms with E-state index in [0.29, 0.717) is 6.61 Å². The molecule has 0 atom stereocenters. The third kappa shape index (κ3) is 3.67. The maximum absolute atomic E-state index is 12.3. The van der Waals surface area contributed by atoms with E-state index in [-0.39, 0.29) is 6.03 Å². The van der Waals surface area contributed by atoms with Gasteiger partial charge in [-0.3, -0.25) is 0 Å². The molecule has 2 aromatic rings. The first-order valence-corrected chi connectivity index (χ1v) is 8.31. The quantitative estimate of drug-likeness (QED) is 0.938. The lowest BCUT2D eigenvalue weighted by molar-refractivity contribution is 0.186. The van der Waals surface area contributed by atoms with Gasteiger partial charge in [0.1, 0.15) is 0 Å². The van der Waals surface area contributed by atoms with E-state index in [1.54, 1.807) is 7.11 Å². The number of carbonyl (C=O) groups is 1. The Morgan fingerprint density at radius 3 is 2.83 bits per heavy atom. The minimum absolute atomic E-state index is 0.00932. The smallest absolute Gasteiger partial charge is 0.321 e. The van der Waals surface area contributed by atoms with Gasteiger partial charge in [0, 0.05) is 49.5 Å². The van der Waals surface area contributed by atoms with Crippen molar-refractivity contribution < 1.29 is 9.53 Å². The van der Waals surface area contributed by atoms with Crippen molar-refractivity contribution in [2.24, 2.45) is 5.92 Å². The normalized spacial score (nSPS) is 16.0. The Bertz CT molecular complexity index is 672. The van der Waals surface area contributed by atoms with Crippen molar-refractivity contribution in [2.75, 3.05) is 32.1 Å². The van der Waals surface area contributed by atoms with Crippen LogP contribution in [0.1, 0.15) is 19.8 Å². The van der Waals surface area contributed by atoms with Gasteiger partial charge >= 0.3 is 6.03 Å². The molecule has 1 aromatic carbocycles. The number of aromatic nitrogens is 1. The summed E-state index contributed by atoms with van der Waals surface area (Å²) in [7, 11) is 1.71. The zero-order valence-corrected chi connectivity index (χ0v) is 13.9. The average Bonchev–Trinajstić information content (AvgIpc) is 2.95. The molecule has 0 bridgehead atoms. The second-order valence-corrected chi connectivity index (χ2v) is 6.38. The Labute approximate surface area is 137 Å². The third-order valence-electron chi connectivity index (χ3n) is 4.63. The van der Waals surface area contributed by atoms with Gasteiger partial charge in [0.15, 0.2) is 0 Å². The summed E-state index contributed by atoms with van der Waals surface area (Å²) in [5, 5.41) is 4.15. The number of urea groups is 1. The van der Waals surface area contributed by atoms with Crippen molar-refractivity contribution in [3.05, 3.63) is 30.5 Å². The molecule has 5 heteroatoms. The van der Waals surface area contributed by atoms with E-state index in [1.165, 1.54) is 0 Å². The summed E-state index contributed by atoms with van der Waals surface area (Å²) in [6, 6.07) is 8.14. The number of fused-ring (bicyclic) bond motifs is 1. The number of amides is 2. The Kier molecular flexibility index (Phi) is 4.86. The van der Waals surface area contributed by atoms with E-state index in [1.807, 2.05) is 17.0 Å². The predicted molar refractivity (Wildman–Crippen MR) is 92.8 cm³/mol. The maximum atomic E-state index is 12.3. The van der Waals surface area contributed by atoms with Crippen molar-refractivity contribution in [3.8, 4) is 0 Å². The zero-order valence-electron chi connectivity index (χ0n) is 13.9. The van der Waals surface area contributed by atoms with Gasteiger partial charge < -0.3 is 19.5 Å². The number of hydrogen-bond acceptors (Lipinski definition) is 2. The maximum Gasteiger partial charge on any atom is 0.321 e. The molecule has 0 radical (unpaired) electrons. The van der Waals surface area contributed by atoms with Crippen LogP contribution >= 0.6 is 0 Å². The van der Waals surface area contributed by atoms with Crippen LogP contribution in [0.3, 0.4) is 0 Å². The summed E-state index contributed by atoms with van der Waals surface area (Å²) in [5.41, 5.74) is 2.01. The fourth-order valence-corrected chi connectivity index (χ4v) is 3.08. The largest absolute Gasteiger partial charge is 0.383 e. The topological polar surface area (TPSA) is 46.5 Å². The van der Waals surface area contributed by atoms with Gasteiger partial charge in [-0.15, -0.1) is 0 Å². The summed E-state index contributed by atoms with van der Waals surface area (Å²) in [5.74, 6) is 0.724. The minimum Gasteiger partial charge on any atom is -0.383 e. The number of methoxy groups -OCH3 is 1. The average molecular weight is 315 g/mol. The number of nitrogens with zero attached hydrogens (tertiary/aromatic N) is 2. The molecular formula is C18H25N3O2. The van der Waals surface area contributed by atoms with Crippen LogP contribution in [0.2, 0.25) is 0 Å². The Hall–Kier alpha value is -2.01. The molecule has 124 valence electrons. The minimum atomic E-state index is 0.00932. The molecule has 2 heterocycles. The molecule has 5 nitrogen and oxygen atoms in total. The highest BCUT2D eigenvalue weighted by Gasteiger charge is 2.20. The molecule has 23 heavy (non-hydrogen) atoms. The molecule has 0 unspecified atom stereocenters. The number of piperidine rings is 1. The second-order valence-electron chi connectivity index (χ2n) is 6.38. The van der Waals surface area contributed by atoms with Gasteiger partial charge in [-0.2, -0.15) is 0 Å². The van der Waals surface area contributed by atoms with Crippen LogP contribution in [-0.4, -0.2) is 42.3 Å². The zero-order chi connectivity index (χ0) is 16.2. The third-order valence-corrected chi connectivity index (χ3v) is 4.63. The van der Waals surface area contributed by atoms with Crippen molar-refractivity contribution >= 4 is 22.6 Å². The van der Waals surface area contributed by atoms with Crippen molar-refractivity contribution in [3.63, 3.8) is 0 Å². The van der Waals surface area contributed by atoms with Crippen molar-refractivity contribution in [2.45, 2.75) is 26.3 Å². The number of ether oxygens (including phenoxy) is 1. The van der Waals surface area contributed by atoms with Gasteiger partial charge in [-0.05, 0) is 43.0 Å². The highest BCUT2D eigenvalue weighted by molar-refractivity contribution is 5.93. The molecule has 0 spiro atoms. The SMILES string of the molecule is COCCn1ccc2cc(NC(=O)N3CCC(C)CC3)ccc21. The Balaban J connectivity index is 1.67. The van der Waals surface area contributed by atoms with Crippen LogP contribution in [-0.2, 0) is 11.3 Å². The number of rotatable bonds is 4. The van der Waals surface area contributed by atoms with Crippen molar-refractivity contribution in [1.29, 1.82) is 0 Å². The lowest BCUT2D eigenvalue weighted by Gasteiger charge is -2.30. The molecule has 0 saturated carbocycles. The van der Waals surface area contributed by atoms with Crippen LogP contribution in [0.25, 0.3) is 10.9 Å². The number of likely N-dealkylation sites (tertiary alicyclic amines) is 1. The summed E-state index contributed by atoms with van der Waals surface area (Å²) in [4.78, 5) is 14.3. The summed E-state index contributed by atoms with van der Waals surface area (Å²) in [6.07, 6.45) is 4.24. The molecule has 1 aromatic heterocycles. The number of benzene rings is 1. The molecule has 1 saturated heterocycles. The van der Waals surface area contributed by atoms with Crippen LogP contribution in [0.15, 0.2) is 30.5 Å². The fraction of sp³-hybridized carbons (Fsp3) is 0.500. The highest BCUT2D eigenvalue weighted by atomic mass is 16.5. The number of carbonyl (C=O) groups excluding carboxylic acids is 1. The first-order chi connectivity index (χ1) is 11.2. The molecule has 3 rings (SSSR count). The van der Waals surface area contributed by atoms with Gasteiger partial charge in [0.2, 0.25) is 0 Å². The number of anilines is 1. The highest BCUT2D eigenvalue weighted by Crippen LogP contribution is 2.22. The first kappa shape index (κ1) is 15.9. The van der Waals surface area contributed by atoms with E-state index >= 15 is 0 Å². The van der Waals surface area contributed by atoms with Gasteiger partial charge in [-0.1, -0.05) is 6.92 Å². The number of nitrogens with one attached hydrogen (secondary N) is 1. The molecule has 1 fully saturated rings. The van der Waals surface area contributed by atoms with E-state index in [2.05, 4.69) is 35.1 Å². The van der Waals surface area contributed by atoms with E-state index in [9.17, 15) is 4.79 Å². The monoisotopic (exact) mass is 315 g/mol. The number of hydrogen-bond donors (Lipinski definition) is 1. The van der Waals surface area contributed by atoms with E-state index in [0.717, 1.165) is 55.0 Å². The Morgan fingerprint density at radius 2 is 2.09 bits per heavy atom. The van der Waals surface area contributed by atoms with E-state index < -0.39 is 0 Å². The first-order valence-electron chi connectivity index (χ1n) is 8.31. The van der Waals surface area contributed by atoms with Crippen LogP contribution < -0.4 is 5.32 Å². The molecule has 1 N–H and O–H groups in total. The predicted octanol–water partition coefficient (Wildman–Crippen LogP) is 3.55. The molecule has 1 aliphatic heterocycles. The van der Waals surface area contributed by atoms with Crippen LogP contribution in [0, 0.1) is 5.92 Å². The summed E-state index contributed by atoms with van der Waals surface area (Å²) < 4.78 is 7.29. The standard InChI is InChI=1S/C18H25N3O2/c1-14-5-8-21(9-6-14)18(22)19-16-3-4-17-15(13-16)7-10-20(17)11-12-23-2/h3-4,7,10,13-14H,5-6,8-9,11-12H2,1-2H3,(H,19,22).